The Morgan fingerprint density at radius 1 is 1.21 bits per heavy atom. The highest BCUT2D eigenvalue weighted by Crippen LogP contribution is 2.19. The molecule has 1 fully saturated rings. The molecule has 0 amide bonds. The maximum atomic E-state index is 13.0. The van der Waals surface area contributed by atoms with Gasteiger partial charge in [0.2, 0.25) is 5.92 Å². The summed E-state index contributed by atoms with van der Waals surface area (Å²) in [5.41, 5.74) is 1.88. The van der Waals surface area contributed by atoms with E-state index in [2.05, 4.69) is 10.2 Å². The van der Waals surface area contributed by atoms with Crippen molar-refractivity contribution in [2.24, 2.45) is 0 Å². The number of hydrogen-bond donors (Lipinski definition) is 1. The van der Waals surface area contributed by atoms with Crippen molar-refractivity contribution >= 4 is 0 Å². The molecule has 106 valence electrons. The lowest BCUT2D eigenvalue weighted by molar-refractivity contribution is 0.0226. The topological polar surface area (TPSA) is 15.3 Å². The van der Waals surface area contributed by atoms with Gasteiger partial charge in [0.15, 0.2) is 0 Å². The van der Waals surface area contributed by atoms with Crippen molar-refractivity contribution in [3.8, 4) is 0 Å². The zero-order valence-electron chi connectivity index (χ0n) is 11.5. The van der Waals surface area contributed by atoms with Crippen LogP contribution in [0.15, 0.2) is 24.3 Å². The molecular formula is C15H22F2N2. The van der Waals surface area contributed by atoms with Gasteiger partial charge < -0.3 is 10.2 Å². The van der Waals surface area contributed by atoms with Gasteiger partial charge in [-0.15, -0.1) is 0 Å². The molecule has 1 aromatic rings. The number of halogens is 2. The SMILES string of the molecule is CC(F)(F)Cc1cccc(CCN2CCNCC2)c1. The molecule has 1 aromatic carbocycles. The average Bonchev–Trinajstić information content (AvgIpc) is 2.36. The maximum Gasteiger partial charge on any atom is 0.249 e. The minimum Gasteiger partial charge on any atom is -0.314 e. The van der Waals surface area contributed by atoms with Crippen LogP contribution in [0.1, 0.15) is 18.1 Å². The lowest BCUT2D eigenvalue weighted by atomic mass is 10.0. The Bertz CT molecular complexity index is 395. The van der Waals surface area contributed by atoms with Crippen LogP contribution in [-0.2, 0) is 12.8 Å². The van der Waals surface area contributed by atoms with E-state index < -0.39 is 5.92 Å². The number of alkyl halides is 2. The summed E-state index contributed by atoms with van der Waals surface area (Å²) in [6, 6.07) is 7.61. The predicted octanol–water partition coefficient (Wildman–Crippen LogP) is 2.33. The van der Waals surface area contributed by atoms with Gasteiger partial charge in [-0.2, -0.15) is 0 Å². The first-order valence-electron chi connectivity index (χ1n) is 6.92. The smallest absolute Gasteiger partial charge is 0.249 e. The van der Waals surface area contributed by atoms with Crippen molar-refractivity contribution in [3.63, 3.8) is 0 Å². The molecule has 0 saturated carbocycles. The van der Waals surface area contributed by atoms with Gasteiger partial charge in [0.05, 0.1) is 0 Å². The fourth-order valence-corrected chi connectivity index (χ4v) is 2.48. The highest BCUT2D eigenvalue weighted by atomic mass is 19.3. The number of benzene rings is 1. The summed E-state index contributed by atoms with van der Waals surface area (Å²) in [5.74, 6) is -2.63. The lowest BCUT2D eigenvalue weighted by Crippen LogP contribution is -2.44. The van der Waals surface area contributed by atoms with Crippen molar-refractivity contribution in [1.29, 1.82) is 0 Å². The van der Waals surface area contributed by atoms with E-state index in [0.717, 1.165) is 57.2 Å². The summed E-state index contributed by atoms with van der Waals surface area (Å²) < 4.78 is 26.0. The summed E-state index contributed by atoms with van der Waals surface area (Å²) in [6.45, 7) is 6.22. The Morgan fingerprint density at radius 3 is 2.58 bits per heavy atom. The van der Waals surface area contributed by atoms with Gasteiger partial charge in [-0.3, -0.25) is 0 Å². The average molecular weight is 268 g/mol. The predicted molar refractivity (Wildman–Crippen MR) is 73.8 cm³/mol. The van der Waals surface area contributed by atoms with Crippen LogP contribution in [0.3, 0.4) is 0 Å². The zero-order chi connectivity index (χ0) is 13.7. The van der Waals surface area contributed by atoms with Gasteiger partial charge in [0.25, 0.3) is 0 Å². The Morgan fingerprint density at radius 2 is 1.89 bits per heavy atom. The van der Waals surface area contributed by atoms with Crippen LogP contribution in [0, 0.1) is 0 Å². The van der Waals surface area contributed by atoms with E-state index in [1.54, 1.807) is 6.07 Å². The minimum absolute atomic E-state index is 0.172. The molecule has 1 N–H and O–H groups in total. The summed E-state index contributed by atoms with van der Waals surface area (Å²) in [5, 5.41) is 3.32. The Kier molecular flexibility index (Phi) is 4.88. The van der Waals surface area contributed by atoms with Crippen LogP contribution in [0.2, 0.25) is 0 Å². The molecule has 0 aromatic heterocycles. The van der Waals surface area contributed by atoms with Crippen LogP contribution in [0.25, 0.3) is 0 Å². The third kappa shape index (κ3) is 5.25. The Labute approximate surface area is 113 Å². The van der Waals surface area contributed by atoms with Crippen molar-refractivity contribution < 1.29 is 8.78 Å². The van der Waals surface area contributed by atoms with Crippen LogP contribution in [0.4, 0.5) is 8.78 Å². The molecule has 2 rings (SSSR count). The normalized spacial score (nSPS) is 17.6. The van der Waals surface area contributed by atoms with Crippen LogP contribution in [-0.4, -0.2) is 43.5 Å². The van der Waals surface area contributed by atoms with Crippen molar-refractivity contribution in [1.82, 2.24) is 10.2 Å². The van der Waals surface area contributed by atoms with Gasteiger partial charge in [0.1, 0.15) is 0 Å². The third-order valence-electron chi connectivity index (χ3n) is 3.43. The van der Waals surface area contributed by atoms with Crippen LogP contribution >= 0.6 is 0 Å². The van der Waals surface area contributed by atoms with Crippen molar-refractivity contribution in [2.75, 3.05) is 32.7 Å². The number of hydrogen-bond acceptors (Lipinski definition) is 2. The molecule has 0 spiro atoms. The first kappa shape index (κ1) is 14.4. The van der Waals surface area contributed by atoms with Crippen LogP contribution < -0.4 is 5.32 Å². The standard InChI is InChI=1S/C15H22F2N2/c1-15(16,17)12-14-4-2-3-13(11-14)5-8-19-9-6-18-7-10-19/h2-4,11,18H,5-10,12H2,1H3. The van der Waals surface area contributed by atoms with E-state index in [-0.39, 0.29) is 6.42 Å². The van der Waals surface area contributed by atoms with E-state index in [1.165, 1.54) is 0 Å². The van der Waals surface area contributed by atoms with Crippen molar-refractivity contribution in [3.05, 3.63) is 35.4 Å². The molecule has 19 heavy (non-hydrogen) atoms. The first-order valence-corrected chi connectivity index (χ1v) is 6.92. The number of rotatable bonds is 5. The molecule has 2 nitrogen and oxygen atoms in total. The molecule has 4 heteroatoms. The van der Waals surface area contributed by atoms with E-state index in [4.69, 9.17) is 0 Å². The molecule has 0 aliphatic carbocycles. The van der Waals surface area contributed by atoms with Crippen molar-refractivity contribution in [2.45, 2.75) is 25.7 Å². The molecule has 0 radical (unpaired) electrons. The molecule has 1 aliphatic rings. The van der Waals surface area contributed by atoms with Gasteiger partial charge in [0, 0.05) is 39.1 Å². The highest BCUT2D eigenvalue weighted by molar-refractivity contribution is 5.24. The summed E-state index contributed by atoms with van der Waals surface area (Å²) in [4.78, 5) is 2.41. The van der Waals surface area contributed by atoms with Crippen LogP contribution in [0.5, 0.6) is 0 Å². The van der Waals surface area contributed by atoms with E-state index in [9.17, 15) is 8.78 Å². The molecule has 0 unspecified atom stereocenters. The minimum atomic E-state index is -2.63. The Hall–Kier alpha value is -1.00. The summed E-state index contributed by atoms with van der Waals surface area (Å²) in [7, 11) is 0. The second-order valence-electron chi connectivity index (χ2n) is 5.41. The molecule has 0 atom stereocenters. The second-order valence-corrected chi connectivity index (χ2v) is 5.41. The van der Waals surface area contributed by atoms with Gasteiger partial charge in [-0.1, -0.05) is 24.3 Å². The first-order chi connectivity index (χ1) is 9.03. The molecule has 1 aliphatic heterocycles. The molecule has 1 heterocycles. The van der Waals surface area contributed by atoms with Gasteiger partial charge in [-0.05, 0) is 24.5 Å². The fourth-order valence-electron chi connectivity index (χ4n) is 2.48. The molecular weight excluding hydrogens is 246 g/mol. The zero-order valence-corrected chi connectivity index (χ0v) is 11.5. The summed E-state index contributed by atoms with van der Waals surface area (Å²) >= 11 is 0. The lowest BCUT2D eigenvalue weighted by Gasteiger charge is -2.27. The number of piperazine rings is 1. The van der Waals surface area contributed by atoms with E-state index in [0.29, 0.717) is 0 Å². The second kappa shape index (κ2) is 6.44. The number of nitrogens with zero attached hydrogens (tertiary/aromatic N) is 1. The van der Waals surface area contributed by atoms with Gasteiger partial charge >= 0.3 is 0 Å². The monoisotopic (exact) mass is 268 g/mol. The van der Waals surface area contributed by atoms with E-state index >= 15 is 0 Å². The third-order valence-corrected chi connectivity index (χ3v) is 3.43. The summed E-state index contributed by atoms with van der Waals surface area (Å²) in [6.07, 6.45) is 0.762. The largest absolute Gasteiger partial charge is 0.314 e. The fraction of sp³-hybridized carbons (Fsp3) is 0.600. The molecule has 1 saturated heterocycles. The molecule has 0 bridgehead atoms. The highest BCUT2D eigenvalue weighted by Gasteiger charge is 2.21. The maximum absolute atomic E-state index is 13.0. The Balaban J connectivity index is 1.87. The quantitative estimate of drug-likeness (QED) is 0.881. The van der Waals surface area contributed by atoms with Gasteiger partial charge in [-0.25, -0.2) is 8.78 Å². The van der Waals surface area contributed by atoms with E-state index in [1.807, 2.05) is 18.2 Å². The number of nitrogens with one attached hydrogen (secondary N) is 1.